The predicted molar refractivity (Wildman–Crippen MR) is 83.0 cm³/mol. The lowest BCUT2D eigenvalue weighted by molar-refractivity contribution is 0.102. The average Bonchev–Trinajstić information content (AvgIpc) is 2.38. The molecule has 104 valence electrons. The van der Waals surface area contributed by atoms with E-state index in [1.54, 1.807) is 36.4 Å². The van der Waals surface area contributed by atoms with E-state index in [2.05, 4.69) is 10.3 Å². The van der Waals surface area contributed by atoms with Gasteiger partial charge in [0.2, 0.25) is 0 Å². The number of rotatable bonds is 3. The summed E-state index contributed by atoms with van der Waals surface area (Å²) in [5.74, 6) is -0.335. The lowest BCUT2D eigenvalue weighted by Crippen LogP contribution is -2.18. The largest absolute Gasteiger partial charge is 0.375 e. The highest BCUT2D eigenvalue weighted by atomic mass is 35.5. The van der Waals surface area contributed by atoms with E-state index in [-0.39, 0.29) is 16.8 Å². The van der Waals surface area contributed by atoms with Crippen molar-refractivity contribution in [3.05, 3.63) is 52.3 Å². The maximum Gasteiger partial charge on any atom is 0.274 e. The van der Waals surface area contributed by atoms with Crippen LogP contribution >= 0.6 is 23.2 Å². The molecule has 0 aliphatic carbocycles. The van der Waals surface area contributed by atoms with E-state index in [1.807, 2.05) is 19.0 Å². The number of hydrogen-bond acceptors (Lipinski definition) is 3. The SMILES string of the molecule is CN(C)c1c(Cl)cccc1NC(=O)c1cccc(Cl)n1. The summed E-state index contributed by atoms with van der Waals surface area (Å²) in [7, 11) is 3.71. The quantitative estimate of drug-likeness (QED) is 0.879. The summed E-state index contributed by atoms with van der Waals surface area (Å²) >= 11 is 11.9. The van der Waals surface area contributed by atoms with Crippen LogP contribution in [0.25, 0.3) is 0 Å². The van der Waals surface area contributed by atoms with E-state index in [1.165, 1.54) is 0 Å². The van der Waals surface area contributed by atoms with Gasteiger partial charge in [-0.2, -0.15) is 0 Å². The van der Waals surface area contributed by atoms with Gasteiger partial charge in [0.1, 0.15) is 10.8 Å². The molecule has 1 aromatic heterocycles. The second-order valence-corrected chi connectivity index (χ2v) is 5.12. The maximum atomic E-state index is 12.2. The molecule has 1 N–H and O–H groups in total. The Hall–Kier alpha value is -1.78. The van der Waals surface area contributed by atoms with Crippen LogP contribution in [-0.2, 0) is 0 Å². The summed E-state index contributed by atoms with van der Waals surface area (Å²) in [5, 5.41) is 3.63. The standard InChI is InChI=1S/C14H13Cl2N3O/c1-19(2)13-9(15)5-3-6-10(13)18-14(20)11-7-4-8-12(16)17-11/h3-8H,1-2H3,(H,18,20). The van der Waals surface area contributed by atoms with Crippen LogP contribution in [0, 0.1) is 0 Å². The van der Waals surface area contributed by atoms with Crippen molar-refractivity contribution in [3.63, 3.8) is 0 Å². The Balaban J connectivity index is 2.31. The van der Waals surface area contributed by atoms with E-state index in [0.29, 0.717) is 10.7 Å². The number of carbonyl (C=O) groups excluding carboxylic acids is 1. The Morgan fingerprint density at radius 3 is 2.50 bits per heavy atom. The zero-order valence-corrected chi connectivity index (χ0v) is 12.5. The first-order valence-electron chi connectivity index (χ1n) is 5.89. The van der Waals surface area contributed by atoms with Crippen molar-refractivity contribution in [1.29, 1.82) is 0 Å². The molecule has 0 saturated heterocycles. The highest BCUT2D eigenvalue weighted by molar-refractivity contribution is 6.34. The van der Waals surface area contributed by atoms with Crippen molar-refractivity contribution in [2.45, 2.75) is 0 Å². The summed E-state index contributed by atoms with van der Waals surface area (Å²) in [6.45, 7) is 0. The molecule has 1 heterocycles. The molecule has 1 aromatic carbocycles. The Labute approximate surface area is 127 Å². The van der Waals surface area contributed by atoms with Crippen LogP contribution in [0.4, 0.5) is 11.4 Å². The molecule has 0 saturated carbocycles. The Morgan fingerprint density at radius 2 is 1.85 bits per heavy atom. The van der Waals surface area contributed by atoms with Gasteiger partial charge in [0.25, 0.3) is 5.91 Å². The number of hydrogen-bond donors (Lipinski definition) is 1. The first-order valence-corrected chi connectivity index (χ1v) is 6.64. The first-order chi connectivity index (χ1) is 9.49. The topological polar surface area (TPSA) is 45.2 Å². The number of amides is 1. The minimum absolute atomic E-state index is 0.252. The van der Waals surface area contributed by atoms with E-state index >= 15 is 0 Å². The molecule has 1 amide bonds. The van der Waals surface area contributed by atoms with Crippen molar-refractivity contribution in [2.75, 3.05) is 24.3 Å². The van der Waals surface area contributed by atoms with E-state index in [4.69, 9.17) is 23.2 Å². The van der Waals surface area contributed by atoms with E-state index < -0.39 is 0 Å². The van der Waals surface area contributed by atoms with Gasteiger partial charge < -0.3 is 10.2 Å². The van der Waals surface area contributed by atoms with Crippen LogP contribution in [0.2, 0.25) is 10.2 Å². The number of halogens is 2. The Bertz CT molecular complexity index is 644. The fourth-order valence-corrected chi connectivity index (χ4v) is 2.30. The summed E-state index contributed by atoms with van der Waals surface area (Å²) in [5.41, 5.74) is 1.61. The molecule has 0 aliphatic heterocycles. The molecule has 0 unspecified atom stereocenters. The third-order valence-corrected chi connectivity index (χ3v) is 3.15. The molecular weight excluding hydrogens is 297 g/mol. The second-order valence-electron chi connectivity index (χ2n) is 4.33. The molecule has 2 aromatic rings. The van der Waals surface area contributed by atoms with Gasteiger partial charge in [-0.05, 0) is 24.3 Å². The Kier molecular flexibility index (Phi) is 4.47. The minimum Gasteiger partial charge on any atom is -0.375 e. The van der Waals surface area contributed by atoms with Crippen LogP contribution in [-0.4, -0.2) is 25.0 Å². The number of pyridine rings is 1. The number of benzene rings is 1. The number of aromatic nitrogens is 1. The molecular formula is C14H13Cl2N3O. The Morgan fingerprint density at radius 1 is 1.15 bits per heavy atom. The summed E-state index contributed by atoms with van der Waals surface area (Å²) in [6.07, 6.45) is 0. The van der Waals surface area contributed by atoms with Gasteiger partial charge in [0.15, 0.2) is 0 Å². The summed E-state index contributed by atoms with van der Waals surface area (Å²) in [6, 6.07) is 10.2. The molecule has 6 heteroatoms. The summed E-state index contributed by atoms with van der Waals surface area (Å²) in [4.78, 5) is 18.0. The first kappa shape index (κ1) is 14.6. The second kappa shape index (κ2) is 6.11. The fourth-order valence-electron chi connectivity index (χ4n) is 1.79. The number of nitrogens with one attached hydrogen (secondary N) is 1. The molecule has 2 rings (SSSR count). The van der Waals surface area contributed by atoms with Gasteiger partial charge in [0.05, 0.1) is 16.4 Å². The fraction of sp³-hybridized carbons (Fsp3) is 0.143. The zero-order valence-electron chi connectivity index (χ0n) is 11.0. The van der Waals surface area contributed by atoms with Crippen molar-refractivity contribution in [1.82, 2.24) is 4.98 Å². The third kappa shape index (κ3) is 3.21. The molecule has 20 heavy (non-hydrogen) atoms. The highest BCUT2D eigenvalue weighted by Gasteiger charge is 2.13. The molecule has 0 radical (unpaired) electrons. The van der Waals surface area contributed by atoms with Crippen LogP contribution in [0.1, 0.15) is 10.5 Å². The molecule has 0 atom stereocenters. The number of carbonyl (C=O) groups is 1. The van der Waals surface area contributed by atoms with Crippen LogP contribution in [0.15, 0.2) is 36.4 Å². The molecule has 0 spiro atoms. The normalized spacial score (nSPS) is 10.2. The van der Waals surface area contributed by atoms with Crippen LogP contribution < -0.4 is 10.2 Å². The third-order valence-electron chi connectivity index (χ3n) is 2.63. The number of anilines is 2. The summed E-state index contributed by atoms with van der Waals surface area (Å²) < 4.78 is 0. The minimum atomic E-state index is -0.335. The smallest absolute Gasteiger partial charge is 0.274 e. The van der Waals surface area contributed by atoms with Crippen molar-refractivity contribution < 1.29 is 4.79 Å². The lowest BCUT2D eigenvalue weighted by atomic mass is 10.2. The van der Waals surface area contributed by atoms with E-state index in [0.717, 1.165) is 5.69 Å². The van der Waals surface area contributed by atoms with E-state index in [9.17, 15) is 4.79 Å². The monoisotopic (exact) mass is 309 g/mol. The van der Waals surface area contributed by atoms with Crippen LogP contribution in [0.5, 0.6) is 0 Å². The van der Waals surface area contributed by atoms with Crippen molar-refractivity contribution in [2.24, 2.45) is 0 Å². The number of para-hydroxylation sites is 1. The lowest BCUT2D eigenvalue weighted by Gasteiger charge is -2.19. The highest BCUT2D eigenvalue weighted by Crippen LogP contribution is 2.32. The predicted octanol–water partition coefficient (Wildman–Crippen LogP) is 3.71. The van der Waals surface area contributed by atoms with Gasteiger partial charge in [-0.1, -0.05) is 35.3 Å². The molecule has 0 aliphatic rings. The maximum absolute atomic E-state index is 12.2. The molecule has 4 nitrogen and oxygen atoms in total. The van der Waals surface area contributed by atoms with Gasteiger partial charge in [-0.25, -0.2) is 4.98 Å². The molecule has 0 fully saturated rings. The van der Waals surface area contributed by atoms with Gasteiger partial charge in [0, 0.05) is 14.1 Å². The zero-order chi connectivity index (χ0) is 14.7. The van der Waals surface area contributed by atoms with Crippen molar-refractivity contribution >= 4 is 40.5 Å². The van der Waals surface area contributed by atoms with Gasteiger partial charge in [-0.15, -0.1) is 0 Å². The van der Waals surface area contributed by atoms with Gasteiger partial charge >= 0.3 is 0 Å². The van der Waals surface area contributed by atoms with Crippen LogP contribution in [0.3, 0.4) is 0 Å². The molecule has 0 bridgehead atoms. The number of nitrogens with zero attached hydrogens (tertiary/aromatic N) is 2. The average molecular weight is 310 g/mol. The van der Waals surface area contributed by atoms with Crippen molar-refractivity contribution in [3.8, 4) is 0 Å². The van der Waals surface area contributed by atoms with Gasteiger partial charge in [-0.3, -0.25) is 4.79 Å².